The third kappa shape index (κ3) is 5.64. The van der Waals surface area contributed by atoms with Crippen LogP contribution < -0.4 is 15.0 Å². The number of ether oxygens (including phenoxy) is 3. The maximum atomic E-state index is 13.6. The number of nitrogens with zero attached hydrogens (tertiary/aromatic N) is 3. The number of hydrogen-bond acceptors (Lipinski definition) is 7. The van der Waals surface area contributed by atoms with Crippen molar-refractivity contribution in [2.24, 2.45) is 5.10 Å². The van der Waals surface area contributed by atoms with Crippen LogP contribution in [0.1, 0.15) is 56.3 Å². The SMILES string of the molecule is COC(=O)[C@@H](C)Oc1c(C=Nn2c(C3CCCCC3)nc3ccc(Br)cc3c2=O)cc(Br)cc1OC. The minimum atomic E-state index is -0.877. The molecule has 36 heavy (non-hydrogen) atoms. The van der Waals surface area contributed by atoms with Crippen molar-refractivity contribution in [1.82, 2.24) is 9.66 Å². The van der Waals surface area contributed by atoms with Gasteiger partial charge >= 0.3 is 5.97 Å². The van der Waals surface area contributed by atoms with Crippen molar-refractivity contribution in [2.45, 2.75) is 51.0 Å². The largest absolute Gasteiger partial charge is 0.493 e. The molecule has 0 amide bonds. The first kappa shape index (κ1) is 26.3. The second-order valence-corrected chi connectivity index (χ2v) is 10.5. The third-order valence-electron chi connectivity index (χ3n) is 6.21. The number of aromatic nitrogens is 2. The summed E-state index contributed by atoms with van der Waals surface area (Å²) in [6, 6.07) is 9.00. The number of benzene rings is 2. The summed E-state index contributed by atoms with van der Waals surface area (Å²) in [5.74, 6) is 0.984. The lowest BCUT2D eigenvalue weighted by atomic mass is 9.88. The number of hydrogen-bond donors (Lipinski definition) is 0. The molecule has 1 fully saturated rings. The molecule has 8 nitrogen and oxygen atoms in total. The standard InChI is InChI=1S/C26H27Br2N3O5/c1-15(26(33)35-3)36-23-17(11-19(28)13-22(23)34-2)14-29-31-24(16-7-5-4-6-8-16)30-21-10-9-18(27)12-20(21)25(31)32/h9-16H,4-8H2,1-3H3/t15-/m1/s1. The summed E-state index contributed by atoms with van der Waals surface area (Å²) in [4.78, 5) is 30.5. The fourth-order valence-corrected chi connectivity index (χ4v) is 5.19. The van der Waals surface area contributed by atoms with Crippen LogP contribution in [0.5, 0.6) is 11.5 Å². The van der Waals surface area contributed by atoms with Gasteiger partial charge in [-0.2, -0.15) is 9.78 Å². The number of halogens is 2. The number of methoxy groups -OCH3 is 2. The fraction of sp³-hybridized carbons (Fsp3) is 0.385. The molecule has 1 heterocycles. The normalized spacial score (nSPS) is 15.2. The first-order chi connectivity index (χ1) is 17.3. The van der Waals surface area contributed by atoms with Crippen LogP contribution in [-0.2, 0) is 9.53 Å². The topological polar surface area (TPSA) is 92.0 Å². The van der Waals surface area contributed by atoms with E-state index in [0.29, 0.717) is 33.8 Å². The van der Waals surface area contributed by atoms with E-state index >= 15 is 0 Å². The van der Waals surface area contributed by atoms with Gasteiger partial charge in [-0.25, -0.2) is 9.78 Å². The maximum Gasteiger partial charge on any atom is 0.346 e. The van der Waals surface area contributed by atoms with E-state index in [0.717, 1.165) is 34.6 Å². The zero-order valence-electron chi connectivity index (χ0n) is 20.3. The molecule has 1 atom stereocenters. The summed E-state index contributed by atoms with van der Waals surface area (Å²) in [6.45, 7) is 1.59. The van der Waals surface area contributed by atoms with Crippen molar-refractivity contribution in [2.75, 3.05) is 14.2 Å². The summed E-state index contributed by atoms with van der Waals surface area (Å²) < 4.78 is 19.1. The second-order valence-electron chi connectivity index (χ2n) is 8.64. The average molecular weight is 621 g/mol. The maximum absolute atomic E-state index is 13.6. The summed E-state index contributed by atoms with van der Waals surface area (Å²) in [7, 11) is 2.81. The molecule has 4 rings (SSSR count). The van der Waals surface area contributed by atoms with E-state index in [1.54, 1.807) is 25.1 Å². The molecule has 190 valence electrons. The molecule has 0 bridgehead atoms. The van der Waals surface area contributed by atoms with Gasteiger partial charge in [0.15, 0.2) is 17.6 Å². The Labute approximate surface area is 225 Å². The highest BCUT2D eigenvalue weighted by Gasteiger charge is 2.24. The summed E-state index contributed by atoms with van der Waals surface area (Å²) in [6.07, 6.45) is 5.94. The van der Waals surface area contributed by atoms with Gasteiger partial charge in [0.1, 0.15) is 5.82 Å². The van der Waals surface area contributed by atoms with Crippen LogP contribution in [0.25, 0.3) is 10.9 Å². The van der Waals surface area contributed by atoms with Gasteiger partial charge in [-0.3, -0.25) is 4.79 Å². The summed E-state index contributed by atoms with van der Waals surface area (Å²) >= 11 is 6.93. The van der Waals surface area contributed by atoms with Crippen molar-refractivity contribution in [3.63, 3.8) is 0 Å². The molecule has 1 aliphatic rings. The predicted octanol–water partition coefficient (Wildman–Crippen LogP) is 5.80. The van der Waals surface area contributed by atoms with Gasteiger partial charge in [0, 0.05) is 20.4 Å². The minimum absolute atomic E-state index is 0.142. The van der Waals surface area contributed by atoms with Gasteiger partial charge in [-0.05, 0) is 50.1 Å². The highest BCUT2D eigenvalue weighted by atomic mass is 79.9. The van der Waals surface area contributed by atoms with E-state index in [2.05, 4.69) is 37.0 Å². The molecule has 2 aromatic carbocycles. The van der Waals surface area contributed by atoms with Gasteiger partial charge in [0.2, 0.25) is 0 Å². The van der Waals surface area contributed by atoms with Gasteiger partial charge < -0.3 is 14.2 Å². The van der Waals surface area contributed by atoms with Crippen LogP contribution in [0.4, 0.5) is 0 Å². The first-order valence-corrected chi connectivity index (χ1v) is 13.3. The lowest BCUT2D eigenvalue weighted by molar-refractivity contribution is -0.147. The molecule has 0 unspecified atom stereocenters. The Morgan fingerprint density at radius 1 is 1.14 bits per heavy atom. The van der Waals surface area contributed by atoms with Crippen LogP contribution in [0.3, 0.4) is 0 Å². The zero-order valence-corrected chi connectivity index (χ0v) is 23.5. The molecule has 1 aliphatic carbocycles. The van der Waals surface area contributed by atoms with E-state index in [1.165, 1.54) is 31.5 Å². The van der Waals surface area contributed by atoms with Crippen LogP contribution in [0.2, 0.25) is 0 Å². The van der Waals surface area contributed by atoms with Gasteiger partial charge in [0.25, 0.3) is 5.56 Å². The van der Waals surface area contributed by atoms with Crippen molar-refractivity contribution in [1.29, 1.82) is 0 Å². The molecular formula is C26H27Br2N3O5. The van der Waals surface area contributed by atoms with E-state index in [1.807, 2.05) is 12.1 Å². The molecule has 3 aromatic rings. The van der Waals surface area contributed by atoms with E-state index < -0.39 is 12.1 Å². The predicted molar refractivity (Wildman–Crippen MR) is 145 cm³/mol. The molecule has 0 spiro atoms. The summed E-state index contributed by atoms with van der Waals surface area (Å²) in [5, 5.41) is 5.08. The lowest BCUT2D eigenvalue weighted by Gasteiger charge is -2.23. The number of rotatable bonds is 7. The van der Waals surface area contributed by atoms with Crippen LogP contribution in [-0.4, -0.2) is 42.2 Å². The van der Waals surface area contributed by atoms with Crippen molar-refractivity contribution in [3.8, 4) is 11.5 Å². The molecule has 1 saturated carbocycles. The monoisotopic (exact) mass is 619 g/mol. The molecule has 0 N–H and O–H groups in total. The molecule has 10 heteroatoms. The van der Waals surface area contributed by atoms with Crippen LogP contribution in [0, 0.1) is 0 Å². The van der Waals surface area contributed by atoms with Crippen molar-refractivity contribution in [3.05, 3.63) is 61.0 Å². The highest BCUT2D eigenvalue weighted by molar-refractivity contribution is 9.10. The van der Waals surface area contributed by atoms with E-state index in [4.69, 9.17) is 19.2 Å². The quantitative estimate of drug-likeness (QED) is 0.245. The Morgan fingerprint density at radius 3 is 2.58 bits per heavy atom. The smallest absolute Gasteiger partial charge is 0.346 e. The molecular weight excluding hydrogens is 594 g/mol. The fourth-order valence-electron chi connectivity index (χ4n) is 4.38. The number of esters is 1. The minimum Gasteiger partial charge on any atom is -0.493 e. The van der Waals surface area contributed by atoms with Gasteiger partial charge in [-0.15, -0.1) is 0 Å². The van der Waals surface area contributed by atoms with Crippen LogP contribution in [0.15, 0.2) is 49.2 Å². The molecule has 0 saturated heterocycles. The third-order valence-corrected chi connectivity index (χ3v) is 7.16. The zero-order chi connectivity index (χ0) is 25.8. The highest BCUT2D eigenvalue weighted by Crippen LogP contribution is 2.35. The molecule has 0 aliphatic heterocycles. The average Bonchev–Trinajstić information content (AvgIpc) is 2.89. The number of carbonyl (C=O) groups is 1. The first-order valence-electron chi connectivity index (χ1n) is 11.7. The Balaban J connectivity index is 1.85. The Morgan fingerprint density at radius 2 is 1.89 bits per heavy atom. The van der Waals surface area contributed by atoms with Gasteiger partial charge in [-0.1, -0.05) is 51.1 Å². The number of fused-ring (bicyclic) bond motifs is 1. The Bertz CT molecular complexity index is 1370. The second kappa shape index (κ2) is 11.6. The molecule has 0 radical (unpaired) electrons. The van der Waals surface area contributed by atoms with Gasteiger partial charge in [0.05, 0.1) is 31.3 Å². The molecule has 1 aromatic heterocycles. The lowest BCUT2D eigenvalue weighted by Crippen LogP contribution is -2.26. The van der Waals surface area contributed by atoms with E-state index in [9.17, 15) is 9.59 Å². The summed E-state index contributed by atoms with van der Waals surface area (Å²) in [5.41, 5.74) is 0.925. The number of carbonyl (C=O) groups excluding carboxylic acids is 1. The van der Waals surface area contributed by atoms with Crippen LogP contribution >= 0.6 is 31.9 Å². The Kier molecular flexibility index (Phi) is 8.46. The van der Waals surface area contributed by atoms with Crippen molar-refractivity contribution < 1.29 is 19.0 Å². The van der Waals surface area contributed by atoms with E-state index in [-0.39, 0.29) is 11.5 Å². The Hall–Kier alpha value is -2.72. The van der Waals surface area contributed by atoms with Crippen molar-refractivity contribution >= 4 is 54.9 Å².